The molecule has 124 valence electrons. The molecule has 5 nitrogen and oxygen atoms in total. The zero-order valence-corrected chi connectivity index (χ0v) is 14.3. The Bertz CT molecular complexity index is 598. The topological polar surface area (TPSA) is 70.2 Å². The van der Waals surface area contributed by atoms with Crippen LogP contribution in [0.5, 0.6) is 0 Å². The number of carbonyl (C=O) groups excluding carboxylic acids is 2. The molecule has 2 heterocycles. The van der Waals surface area contributed by atoms with Crippen molar-refractivity contribution >= 4 is 41.0 Å². The minimum atomic E-state index is -0.0498. The molecule has 3 rings (SSSR count). The maximum Gasteiger partial charge on any atom is 0.315 e. The molecule has 7 heteroatoms. The molecule has 0 aromatic heterocycles. The van der Waals surface area contributed by atoms with E-state index in [4.69, 9.17) is 11.6 Å². The van der Waals surface area contributed by atoms with Crippen molar-refractivity contribution in [1.29, 1.82) is 0 Å². The molecule has 1 aromatic rings. The van der Waals surface area contributed by atoms with Gasteiger partial charge in [0.05, 0.1) is 12.1 Å². The lowest BCUT2D eigenvalue weighted by Gasteiger charge is -2.16. The van der Waals surface area contributed by atoms with E-state index in [0.717, 1.165) is 30.7 Å². The summed E-state index contributed by atoms with van der Waals surface area (Å²) < 4.78 is 0. The first-order chi connectivity index (χ1) is 11.1. The number of rotatable bonds is 6. The molecule has 0 bridgehead atoms. The van der Waals surface area contributed by atoms with Gasteiger partial charge in [-0.15, -0.1) is 0 Å². The average molecular weight is 354 g/mol. The van der Waals surface area contributed by atoms with Crippen LogP contribution >= 0.6 is 23.4 Å². The van der Waals surface area contributed by atoms with E-state index in [1.165, 1.54) is 0 Å². The second-order valence-corrected chi connectivity index (χ2v) is 7.63. The molecule has 0 spiro atoms. The number of hydrogen-bond donors (Lipinski definition) is 3. The first-order valence-corrected chi connectivity index (χ1v) is 9.28. The quantitative estimate of drug-likeness (QED) is 0.544. The molecule has 2 saturated heterocycles. The van der Waals surface area contributed by atoms with E-state index in [2.05, 4.69) is 16.0 Å². The SMILES string of the molecule is O=C(CCCC[C@@H]1SC[C@@H]2NC(=O)N[C@@H]21)Nc1cccc(Cl)c1. The van der Waals surface area contributed by atoms with Crippen LogP contribution in [0.25, 0.3) is 0 Å². The minimum absolute atomic E-state index is 0.0139. The van der Waals surface area contributed by atoms with Gasteiger partial charge in [0.1, 0.15) is 0 Å². The van der Waals surface area contributed by atoms with E-state index < -0.39 is 0 Å². The maximum atomic E-state index is 11.9. The molecule has 0 radical (unpaired) electrons. The number of carbonyl (C=O) groups is 2. The lowest BCUT2D eigenvalue weighted by atomic mass is 10.0. The van der Waals surface area contributed by atoms with Crippen molar-refractivity contribution in [2.45, 2.75) is 43.0 Å². The van der Waals surface area contributed by atoms with Crippen molar-refractivity contribution in [3.63, 3.8) is 0 Å². The van der Waals surface area contributed by atoms with Gasteiger partial charge in [-0.1, -0.05) is 24.1 Å². The molecule has 2 aliphatic heterocycles. The molecular weight excluding hydrogens is 334 g/mol. The first kappa shape index (κ1) is 16.5. The number of urea groups is 1. The smallest absolute Gasteiger partial charge is 0.315 e. The van der Waals surface area contributed by atoms with Crippen molar-refractivity contribution in [3.05, 3.63) is 29.3 Å². The van der Waals surface area contributed by atoms with Crippen molar-refractivity contribution in [3.8, 4) is 0 Å². The fourth-order valence-electron chi connectivity index (χ4n) is 3.06. The van der Waals surface area contributed by atoms with Crippen LogP contribution in [0, 0.1) is 0 Å². The summed E-state index contributed by atoms with van der Waals surface area (Å²) in [6.45, 7) is 0. The zero-order valence-electron chi connectivity index (χ0n) is 12.7. The van der Waals surface area contributed by atoms with Gasteiger partial charge in [0.15, 0.2) is 0 Å². The number of hydrogen-bond acceptors (Lipinski definition) is 3. The number of thioether (sulfide) groups is 1. The molecule has 3 amide bonds. The third-order valence-electron chi connectivity index (χ3n) is 4.19. The Hall–Kier alpha value is -1.40. The van der Waals surface area contributed by atoms with Crippen LogP contribution in [-0.4, -0.2) is 35.0 Å². The number of nitrogens with one attached hydrogen (secondary N) is 3. The summed E-state index contributed by atoms with van der Waals surface area (Å²) in [7, 11) is 0. The van der Waals surface area contributed by atoms with Crippen molar-refractivity contribution in [2.24, 2.45) is 0 Å². The molecule has 0 aliphatic carbocycles. The Balaban J connectivity index is 1.35. The highest BCUT2D eigenvalue weighted by molar-refractivity contribution is 8.00. The number of halogens is 1. The third-order valence-corrected chi connectivity index (χ3v) is 5.93. The van der Waals surface area contributed by atoms with Gasteiger partial charge >= 0.3 is 6.03 Å². The van der Waals surface area contributed by atoms with Crippen LogP contribution in [0.4, 0.5) is 10.5 Å². The van der Waals surface area contributed by atoms with Crippen LogP contribution in [0.3, 0.4) is 0 Å². The normalized spacial score (nSPS) is 25.6. The molecule has 3 atom stereocenters. The Kier molecular flexibility index (Phi) is 5.33. The van der Waals surface area contributed by atoms with E-state index in [9.17, 15) is 9.59 Å². The number of benzene rings is 1. The van der Waals surface area contributed by atoms with E-state index in [-0.39, 0.29) is 24.0 Å². The maximum absolute atomic E-state index is 11.9. The van der Waals surface area contributed by atoms with E-state index in [0.29, 0.717) is 16.7 Å². The summed E-state index contributed by atoms with van der Waals surface area (Å²) in [6, 6.07) is 7.62. The van der Waals surface area contributed by atoms with Crippen LogP contribution in [0.15, 0.2) is 24.3 Å². The second kappa shape index (κ2) is 7.45. The van der Waals surface area contributed by atoms with Gasteiger partial charge in [0, 0.05) is 28.1 Å². The highest BCUT2D eigenvalue weighted by Gasteiger charge is 2.42. The largest absolute Gasteiger partial charge is 0.332 e. The van der Waals surface area contributed by atoms with Crippen LogP contribution in [0.1, 0.15) is 25.7 Å². The predicted octanol–water partition coefficient (Wildman–Crippen LogP) is 3.00. The highest BCUT2D eigenvalue weighted by Crippen LogP contribution is 2.33. The van der Waals surface area contributed by atoms with Gasteiger partial charge < -0.3 is 16.0 Å². The summed E-state index contributed by atoms with van der Waals surface area (Å²) in [5.41, 5.74) is 0.733. The van der Waals surface area contributed by atoms with Crippen LogP contribution < -0.4 is 16.0 Å². The summed E-state index contributed by atoms with van der Waals surface area (Å²) in [6.07, 6.45) is 3.36. The summed E-state index contributed by atoms with van der Waals surface area (Å²) in [5.74, 6) is 0.989. The molecule has 0 unspecified atom stereocenters. The highest BCUT2D eigenvalue weighted by atomic mass is 35.5. The number of fused-ring (bicyclic) bond motifs is 1. The van der Waals surface area contributed by atoms with Crippen molar-refractivity contribution < 1.29 is 9.59 Å². The lowest BCUT2D eigenvalue weighted by Crippen LogP contribution is -2.36. The molecule has 2 fully saturated rings. The third kappa shape index (κ3) is 4.32. The Morgan fingerprint density at radius 3 is 3.04 bits per heavy atom. The van der Waals surface area contributed by atoms with Gasteiger partial charge in [-0.25, -0.2) is 4.79 Å². The molecule has 2 aliphatic rings. The predicted molar refractivity (Wildman–Crippen MR) is 94.0 cm³/mol. The summed E-state index contributed by atoms with van der Waals surface area (Å²) in [4.78, 5) is 23.2. The van der Waals surface area contributed by atoms with Gasteiger partial charge in [-0.3, -0.25) is 4.79 Å². The van der Waals surface area contributed by atoms with Gasteiger partial charge in [-0.05, 0) is 31.0 Å². The van der Waals surface area contributed by atoms with Gasteiger partial charge in [0.25, 0.3) is 0 Å². The number of unbranched alkanes of at least 4 members (excludes halogenated alkanes) is 1. The van der Waals surface area contributed by atoms with Gasteiger partial charge in [-0.2, -0.15) is 11.8 Å². The molecule has 1 aromatic carbocycles. The van der Waals surface area contributed by atoms with Gasteiger partial charge in [0.2, 0.25) is 5.91 Å². The lowest BCUT2D eigenvalue weighted by molar-refractivity contribution is -0.116. The average Bonchev–Trinajstić information content (AvgIpc) is 3.03. The van der Waals surface area contributed by atoms with Crippen LogP contribution in [0.2, 0.25) is 5.02 Å². The Labute approximate surface area is 144 Å². The first-order valence-electron chi connectivity index (χ1n) is 7.86. The minimum Gasteiger partial charge on any atom is -0.332 e. The summed E-state index contributed by atoms with van der Waals surface area (Å²) in [5, 5.41) is 9.86. The Morgan fingerprint density at radius 2 is 2.22 bits per heavy atom. The standard InChI is InChI=1S/C16H20ClN3O2S/c17-10-4-3-5-11(8-10)18-14(21)7-2-1-6-13-15-12(9-23-13)19-16(22)20-15/h3-5,8,12-13,15H,1-2,6-7,9H2,(H,18,21)(H2,19,20,22)/t12-,13-,15-/m0/s1. The zero-order chi connectivity index (χ0) is 16.2. The molecule has 23 heavy (non-hydrogen) atoms. The summed E-state index contributed by atoms with van der Waals surface area (Å²) >= 11 is 7.80. The molecular formula is C16H20ClN3O2S. The number of anilines is 1. The van der Waals surface area contributed by atoms with E-state index in [1.807, 2.05) is 23.9 Å². The Morgan fingerprint density at radius 1 is 1.35 bits per heavy atom. The van der Waals surface area contributed by atoms with E-state index in [1.54, 1.807) is 12.1 Å². The fourth-order valence-corrected chi connectivity index (χ4v) is 4.80. The molecule has 0 saturated carbocycles. The van der Waals surface area contributed by atoms with E-state index >= 15 is 0 Å². The molecule has 3 N–H and O–H groups in total. The van der Waals surface area contributed by atoms with Crippen molar-refractivity contribution in [2.75, 3.05) is 11.1 Å². The fraction of sp³-hybridized carbons (Fsp3) is 0.500. The van der Waals surface area contributed by atoms with Crippen molar-refractivity contribution in [1.82, 2.24) is 10.6 Å². The monoisotopic (exact) mass is 353 g/mol. The van der Waals surface area contributed by atoms with Crippen LogP contribution in [-0.2, 0) is 4.79 Å². The second-order valence-electron chi connectivity index (χ2n) is 5.93. The number of amides is 3.